The Labute approximate surface area is 94.6 Å². The van der Waals surface area contributed by atoms with Gasteiger partial charge in [0.05, 0.1) is 0 Å². The van der Waals surface area contributed by atoms with E-state index in [1.54, 1.807) is 6.07 Å². The zero-order chi connectivity index (χ0) is 12.1. The molecule has 1 rings (SSSR count). The highest BCUT2D eigenvalue weighted by atomic mass is 16.5. The summed E-state index contributed by atoms with van der Waals surface area (Å²) in [5.41, 5.74) is 2.57. The zero-order valence-electron chi connectivity index (χ0n) is 9.66. The molecule has 0 aliphatic heterocycles. The fraction of sp³-hybridized carbons (Fsp3) is 0.333. The second kappa shape index (κ2) is 5.30. The van der Waals surface area contributed by atoms with Gasteiger partial charge in [-0.05, 0) is 24.1 Å². The topological polar surface area (TPSA) is 55.4 Å². The standard InChI is InChI=1S/C12H15NO3/c1-8-4-5-11(7-16-10(3)15)6-12(8)13-9(2)14/h4-6H,7H2,1-3H3,(H,13,14). The van der Waals surface area contributed by atoms with Crippen molar-refractivity contribution in [2.24, 2.45) is 0 Å². The van der Waals surface area contributed by atoms with E-state index in [9.17, 15) is 9.59 Å². The molecule has 0 saturated carbocycles. The van der Waals surface area contributed by atoms with Gasteiger partial charge in [0.2, 0.25) is 5.91 Å². The number of carbonyl (C=O) groups excluding carboxylic acids is 2. The Bertz CT molecular complexity index is 413. The quantitative estimate of drug-likeness (QED) is 0.794. The Kier molecular flexibility index (Phi) is 4.05. The number of carbonyl (C=O) groups is 2. The van der Waals surface area contributed by atoms with Crippen molar-refractivity contribution in [2.75, 3.05) is 5.32 Å². The van der Waals surface area contributed by atoms with Gasteiger partial charge in [0.15, 0.2) is 0 Å². The van der Waals surface area contributed by atoms with Crippen LogP contribution in [-0.4, -0.2) is 11.9 Å². The van der Waals surface area contributed by atoms with Crippen molar-refractivity contribution in [1.29, 1.82) is 0 Å². The lowest BCUT2D eigenvalue weighted by Crippen LogP contribution is -2.08. The summed E-state index contributed by atoms with van der Waals surface area (Å²) in [4.78, 5) is 21.6. The highest BCUT2D eigenvalue weighted by Gasteiger charge is 2.03. The summed E-state index contributed by atoms with van der Waals surface area (Å²) in [7, 11) is 0. The molecule has 0 spiro atoms. The first-order chi connectivity index (χ1) is 7.49. The van der Waals surface area contributed by atoms with Crippen molar-refractivity contribution in [3.05, 3.63) is 29.3 Å². The number of nitrogens with one attached hydrogen (secondary N) is 1. The summed E-state index contributed by atoms with van der Waals surface area (Å²) in [6, 6.07) is 5.55. The Hall–Kier alpha value is -1.84. The summed E-state index contributed by atoms with van der Waals surface area (Å²) < 4.78 is 4.88. The fourth-order valence-corrected chi connectivity index (χ4v) is 1.27. The molecule has 16 heavy (non-hydrogen) atoms. The summed E-state index contributed by atoms with van der Waals surface area (Å²) in [6.45, 7) is 4.95. The van der Waals surface area contributed by atoms with Gasteiger partial charge in [-0.25, -0.2) is 0 Å². The summed E-state index contributed by atoms with van der Waals surface area (Å²) >= 11 is 0. The molecule has 0 atom stereocenters. The maximum Gasteiger partial charge on any atom is 0.302 e. The van der Waals surface area contributed by atoms with Gasteiger partial charge < -0.3 is 10.1 Å². The normalized spacial score (nSPS) is 9.69. The molecular formula is C12H15NO3. The molecule has 0 heterocycles. The lowest BCUT2D eigenvalue weighted by molar-refractivity contribution is -0.142. The molecule has 0 fully saturated rings. The fourth-order valence-electron chi connectivity index (χ4n) is 1.27. The SMILES string of the molecule is CC(=O)Nc1cc(COC(C)=O)ccc1C. The number of aryl methyl sites for hydroxylation is 1. The summed E-state index contributed by atoms with van der Waals surface area (Å²) in [6.07, 6.45) is 0. The minimum absolute atomic E-state index is 0.118. The second-order valence-electron chi connectivity index (χ2n) is 3.61. The van der Waals surface area contributed by atoms with E-state index < -0.39 is 0 Å². The van der Waals surface area contributed by atoms with Crippen LogP contribution in [0.25, 0.3) is 0 Å². The molecule has 0 radical (unpaired) electrons. The van der Waals surface area contributed by atoms with E-state index in [2.05, 4.69) is 5.32 Å². The van der Waals surface area contributed by atoms with Crippen molar-refractivity contribution in [1.82, 2.24) is 0 Å². The van der Waals surface area contributed by atoms with Gasteiger partial charge in [0.25, 0.3) is 0 Å². The van der Waals surface area contributed by atoms with Crippen LogP contribution in [0.4, 0.5) is 5.69 Å². The predicted molar refractivity (Wildman–Crippen MR) is 61.0 cm³/mol. The molecule has 86 valence electrons. The lowest BCUT2D eigenvalue weighted by Gasteiger charge is -2.09. The molecular weight excluding hydrogens is 206 g/mol. The Morgan fingerprint density at radius 2 is 2.00 bits per heavy atom. The molecule has 1 aromatic carbocycles. The smallest absolute Gasteiger partial charge is 0.302 e. The van der Waals surface area contributed by atoms with E-state index >= 15 is 0 Å². The van der Waals surface area contributed by atoms with Crippen LogP contribution in [0.1, 0.15) is 25.0 Å². The van der Waals surface area contributed by atoms with Gasteiger partial charge in [0.1, 0.15) is 6.61 Å². The second-order valence-corrected chi connectivity index (χ2v) is 3.61. The molecule has 1 N–H and O–H groups in total. The van der Waals surface area contributed by atoms with Crippen molar-refractivity contribution < 1.29 is 14.3 Å². The molecule has 4 nitrogen and oxygen atoms in total. The van der Waals surface area contributed by atoms with E-state index in [4.69, 9.17) is 4.74 Å². The average molecular weight is 221 g/mol. The number of rotatable bonds is 3. The number of ether oxygens (including phenoxy) is 1. The third-order valence-corrected chi connectivity index (χ3v) is 2.05. The number of hydrogen-bond donors (Lipinski definition) is 1. The van der Waals surface area contributed by atoms with E-state index in [0.717, 1.165) is 16.8 Å². The molecule has 0 bridgehead atoms. The van der Waals surface area contributed by atoms with Crippen LogP contribution in [-0.2, 0) is 20.9 Å². The molecule has 1 amide bonds. The van der Waals surface area contributed by atoms with Crippen LogP contribution in [0.15, 0.2) is 18.2 Å². The van der Waals surface area contributed by atoms with Crippen LogP contribution < -0.4 is 5.32 Å². The number of amides is 1. The zero-order valence-corrected chi connectivity index (χ0v) is 9.66. The first-order valence-electron chi connectivity index (χ1n) is 4.99. The molecule has 0 saturated heterocycles. The van der Waals surface area contributed by atoms with Gasteiger partial charge in [-0.15, -0.1) is 0 Å². The number of anilines is 1. The molecule has 1 aromatic rings. The van der Waals surface area contributed by atoms with Crippen molar-refractivity contribution in [2.45, 2.75) is 27.4 Å². The van der Waals surface area contributed by atoms with E-state index in [-0.39, 0.29) is 18.5 Å². The van der Waals surface area contributed by atoms with Gasteiger partial charge in [0, 0.05) is 19.5 Å². The van der Waals surface area contributed by atoms with Crippen LogP contribution in [0.2, 0.25) is 0 Å². The summed E-state index contributed by atoms with van der Waals surface area (Å²) in [5.74, 6) is -0.436. The summed E-state index contributed by atoms with van der Waals surface area (Å²) in [5, 5.41) is 2.72. The van der Waals surface area contributed by atoms with Crippen molar-refractivity contribution >= 4 is 17.6 Å². The number of benzene rings is 1. The van der Waals surface area contributed by atoms with Crippen molar-refractivity contribution in [3.63, 3.8) is 0 Å². The van der Waals surface area contributed by atoms with Crippen LogP contribution in [0, 0.1) is 6.92 Å². The lowest BCUT2D eigenvalue weighted by atomic mass is 10.1. The molecule has 4 heteroatoms. The maximum atomic E-state index is 10.9. The highest BCUT2D eigenvalue weighted by Crippen LogP contribution is 2.17. The van der Waals surface area contributed by atoms with E-state index in [1.807, 2.05) is 19.1 Å². The Morgan fingerprint density at radius 1 is 1.31 bits per heavy atom. The largest absolute Gasteiger partial charge is 0.461 e. The van der Waals surface area contributed by atoms with Gasteiger partial charge in [-0.3, -0.25) is 9.59 Å². The molecule has 0 aliphatic carbocycles. The average Bonchev–Trinajstić information content (AvgIpc) is 2.18. The van der Waals surface area contributed by atoms with E-state index in [1.165, 1.54) is 13.8 Å². The first kappa shape index (κ1) is 12.2. The first-order valence-corrected chi connectivity index (χ1v) is 4.99. The third-order valence-electron chi connectivity index (χ3n) is 2.05. The van der Waals surface area contributed by atoms with Gasteiger partial charge in [-0.1, -0.05) is 12.1 Å². The Morgan fingerprint density at radius 3 is 2.56 bits per heavy atom. The Balaban J connectivity index is 2.80. The van der Waals surface area contributed by atoms with Gasteiger partial charge >= 0.3 is 5.97 Å². The molecule has 0 unspecified atom stereocenters. The molecule has 0 aliphatic rings. The van der Waals surface area contributed by atoms with Gasteiger partial charge in [-0.2, -0.15) is 0 Å². The molecule has 0 aromatic heterocycles. The minimum atomic E-state index is -0.318. The van der Waals surface area contributed by atoms with Crippen molar-refractivity contribution in [3.8, 4) is 0 Å². The van der Waals surface area contributed by atoms with Crippen LogP contribution in [0.3, 0.4) is 0 Å². The predicted octanol–water partition coefficient (Wildman–Crippen LogP) is 2.02. The number of esters is 1. The van der Waals surface area contributed by atoms with Crippen LogP contribution in [0.5, 0.6) is 0 Å². The minimum Gasteiger partial charge on any atom is -0.461 e. The number of hydrogen-bond acceptors (Lipinski definition) is 3. The highest BCUT2D eigenvalue weighted by molar-refractivity contribution is 5.89. The van der Waals surface area contributed by atoms with E-state index in [0.29, 0.717) is 0 Å². The third kappa shape index (κ3) is 3.73. The van der Waals surface area contributed by atoms with Crippen LogP contribution >= 0.6 is 0 Å². The maximum absolute atomic E-state index is 10.9. The monoisotopic (exact) mass is 221 g/mol.